The molecule has 0 aliphatic heterocycles. The molecule has 0 unspecified atom stereocenters. The number of thioether (sulfide) groups is 1. The van der Waals surface area contributed by atoms with Gasteiger partial charge in [-0.3, -0.25) is 0 Å². The zero-order chi connectivity index (χ0) is 15.5. The van der Waals surface area contributed by atoms with Gasteiger partial charge in [0.05, 0.1) is 11.8 Å². The fourth-order valence-electron chi connectivity index (χ4n) is 2.28. The largest absolute Gasteiger partial charge is 0.330 e. The Labute approximate surface area is 143 Å². The molecule has 22 heavy (non-hydrogen) atoms. The van der Waals surface area contributed by atoms with Gasteiger partial charge in [0, 0.05) is 28.5 Å². The maximum Gasteiger partial charge on any atom is 0.124 e. The fourth-order valence-corrected chi connectivity index (χ4v) is 3.81. The molecule has 0 spiro atoms. The Morgan fingerprint density at radius 3 is 2.82 bits per heavy atom. The van der Waals surface area contributed by atoms with Crippen LogP contribution in [-0.2, 0) is 12.3 Å². The first-order valence-electron chi connectivity index (χ1n) is 7.05. The molecule has 0 amide bonds. The second-order valence-electron chi connectivity index (χ2n) is 4.95. The summed E-state index contributed by atoms with van der Waals surface area (Å²) in [6, 6.07) is 7.58. The molecule has 3 nitrogen and oxygen atoms in total. The Hall–Kier alpha value is -1.23. The SMILES string of the molecule is CCCn1cnc2c(SCc3ccc(Cl)cc3Cl)nccc21. The number of imidazole rings is 1. The van der Waals surface area contributed by atoms with Crippen molar-refractivity contribution in [2.75, 3.05) is 0 Å². The summed E-state index contributed by atoms with van der Waals surface area (Å²) < 4.78 is 2.16. The summed E-state index contributed by atoms with van der Waals surface area (Å²) in [5.74, 6) is 0.739. The van der Waals surface area contributed by atoms with Crippen LogP contribution in [0.1, 0.15) is 18.9 Å². The van der Waals surface area contributed by atoms with Crippen LogP contribution in [0.3, 0.4) is 0 Å². The molecule has 0 fully saturated rings. The van der Waals surface area contributed by atoms with Crippen LogP contribution in [-0.4, -0.2) is 14.5 Å². The zero-order valence-corrected chi connectivity index (χ0v) is 14.4. The maximum atomic E-state index is 6.22. The predicted molar refractivity (Wildman–Crippen MR) is 93.8 cm³/mol. The lowest BCUT2D eigenvalue weighted by Gasteiger charge is -2.06. The second kappa shape index (κ2) is 6.90. The number of aromatic nitrogens is 3. The molecule has 0 N–H and O–H groups in total. The quantitative estimate of drug-likeness (QED) is 0.573. The van der Waals surface area contributed by atoms with Crippen LogP contribution in [0, 0.1) is 0 Å². The highest BCUT2D eigenvalue weighted by atomic mass is 35.5. The van der Waals surface area contributed by atoms with Gasteiger partial charge in [0.25, 0.3) is 0 Å². The van der Waals surface area contributed by atoms with E-state index in [0.29, 0.717) is 10.0 Å². The van der Waals surface area contributed by atoms with Crippen molar-refractivity contribution in [1.82, 2.24) is 14.5 Å². The van der Waals surface area contributed by atoms with E-state index in [2.05, 4.69) is 21.5 Å². The Balaban J connectivity index is 1.85. The number of pyridine rings is 1. The number of fused-ring (bicyclic) bond motifs is 1. The van der Waals surface area contributed by atoms with Crippen LogP contribution < -0.4 is 0 Å². The number of aryl methyl sites for hydroxylation is 1. The van der Waals surface area contributed by atoms with Gasteiger partial charge in [0.2, 0.25) is 0 Å². The van der Waals surface area contributed by atoms with Crippen LogP contribution in [0.2, 0.25) is 10.0 Å². The van der Waals surface area contributed by atoms with E-state index in [1.54, 1.807) is 17.8 Å². The van der Waals surface area contributed by atoms with Gasteiger partial charge in [-0.25, -0.2) is 9.97 Å². The van der Waals surface area contributed by atoms with Gasteiger partial charge in [-0.05, 0) is 30.2 Å². The first-order chi connectivity index (χ1) is 10.7. The van der Waals surface area contributed by atoms with E-state index < -0.39 is 0 Å². The highest BCUT2D eigenvalue weighted by molar-refractivity contribution is 7.98. The van der Waals surface area contributed by atoms with Gasteiger partial charge >= 0.3 is 0 Å². The third-order valence-electron chi connectivity index (χ3n) is 3.35. The van der Waals surface area contributed by atoms with Crippen LogP contribution in [0.4, 0.5) is 0 Å². The summed E-state index contributed by atoms with van der Waals surface area (Å²) in [7, 11) is 0. The molecule has 0 bridgehead atoms. The van der Waals surface area contributed by atoms with Gasteiger partial charge in [-0.1, -0.05) is 48.0 Å². The van der Waals surface area contributed by atoms with Crippen molar-refractivity contribution in [3.8, 4) is 0 Å². The fraction of sp³-hybridized carbons (Fsp3) is 0.250. The molecule has 0 saturated heterocycles. The van der Waals surface area contributed by atoms with E-state index in [4.69, 9.17) is 23.2 Å². The molecular formula is C16H15Cl2N3S. The van der Waals surface area contributed by atoms with Crippen molar-refractivity contribution in [3.63, 3.8) is 0 Å². The van der Waals surface area contributed by atoms with Crippen LogP contribution >= 0.6 is 35.0 Å². The van der Waals surface area contributed by atoms with Gasteiger partial charge in [-0.15, -0.1) is 0 Å². The highest BCUT2D eigenvalue weighted by Crippen LogP contribution is 2.30. The average Bonchev–Trinajstić information content (AvgIpc) is 2.91. The maximum absolute atomic E-state index is 6.22. The van der Waals surface area contributed by atoms with Crippen LogP contribution in [0.15, 0.2) is 41.8 Å². The minimum Gasteiger partial charge on any atom is -0.330 e. The first kappa shape index (κ1) is 15.7. The minimum absolute atomic E-state index is 0.650. The number of halogens is 2. The van der Waals surface area contributed by atoms with E-state index in [1.165, 1.54) is 0 Å². The molecule has 3 aromatic rings. The monoisotopic (exact) mass is 351 g/mol. The topological polar surface area (TPSA) is 30.7 Å². The first-order valence-corrected chi connectivity index (χ1v) is 8.79. The van der Waals surface area contributed by atoms with Crippen LogP contribution in [0.25, 0.3) is 11.0 Å². The molecule has 0 aliphatic rings. The summed E-state index contributed by atoms with van der Waals surface area (Å²) >= 11 is 13.8. The van der Waals surface area contributed by atoms with Crippen LogP contribution in [0.5, 0.6) is 0 Å². The van der Waals surface area contributed by atoms with Gasteiger partial charge < -0.3 is 4.57 Å². The van der Waals surface area contributed by atoms with Gasteiger partial charge in [-0.2, -0.15) is 0 Å². The van der Waals surface area contributed by atoms with Gasteiger partial charge in [0.15, 0.2) is 0 Å². The van der Waals surface area contributed by atoms with Crippen molar-refractivity contribution < 1.29 is 0 Å². The summed E-state index contributed by atoms with van der Waals surface area (Å²) in [5, 5.41) is 2.26. The molecule has 0 atom stereocenters. The average molecular weight is 352 g/mol. The third-order valence-corrected chi connectivity index (χ3v) is 4.96. The molecule has 3 rings (SSSR count). The molecule has 2 aromatic heterocycles. The summed E-state index contributed by atoms with van der Waals surface area (Å²) in [6.07, 6.45) is 4.80. The smallest absolute Gasteiger partial charge is 0.124 e. The molecular weight excluding hydrogens is 337 g/mol. The van der Waals surface area contributed by atoms with Crippen molar-refractivity contribution in [3.05, 3.63) is 52.4 Å². The Morgan fingerprint density at radius 1 is 1.18 bits per heavy atom. The molecule has 2 heterocycles. The molecule has 0 aliphatic carbocycles. The normalized spacial score (nSPS) is 11.2. The Morgan fingerprint density at radius 2 is 2.05 bits per heavy atom. The third kappa shape index (κ3) is 3.24. The molecule has 0 saturated carbocycles. The van der Waals surface area contributed by atoms with Crippen molar-refractivity contribution in [2.24, 2.45) is 0 Å². The number of rotatable bonds is 5. The van der Waals surface area contributed by atoms with Crippen molar-refractivity contribution in [1.29, 1.82) is 0 Å². The standard InChI is InChI=1S/C16H15Cl2N3S/c1-2-7-21-10-20-15-14(21)5-6-19-16(15)22-9-11-3-4-12(17)8-13(11)18/h3-6,8,10H,2,7,9H2,1H3. The number of benzene rings is 1. The van der Waals surface area contributed by atoms with Crippen molar-refractivity contribution in [2.45, 2.75) is 30.7 Å². The molecule has 6 heteroatoms. The lowest BCUT2D eigenvalue weighted by atomic mass is 10.2. The summed E-state index contributed by atoms with van der Waals surface area (Å²) in [6.45, 7) is 3.12. The van der Waals surface area contributed by atoms with E-state index in [9.17, 15) is 0 Å². The lowest BCUT2D eigenvalue weighted by Crippen LogP contribution is -1.94. The van der Waals surface area contributed by atoms with E-state index in [-0.39, 0.29) is 0 Å². The predicted octanol–water partition coefficient (Wildman–Crippen LogP) is 5.44. The minimum atomic E-state index is 0.650. The zero-order valence-electron chi connectivity index (χ0n) is 12.1. The summed E-state index contributed by atoms with van der Waals surface area (Å²) in [4.78, 5) is 8.97. The molecule has 1 aromatic carbocycles. The molecule has 114 valence electrons. The molecule has 0 radical (unpaired) electrons. The second-order valence-corrected chi connectivity index (χ2v) is 6.75. The summed E-state index contributed by atoms with van der Waals surface area (Å²) in [5.41, 5.74) is 3.12. The van der Waals surface area contributed by atoms with E-state index in [1.807, 2.05) is 30.7 Å². The Kier molecular flexibility index (Phi) is 4.91. The number of hydrogen-bond donors (Lipinski definition) is 0. The lowest BCUT2D eigenvalue weighted by molar-refractivity contribution is 0.697. The van der Waals surface area contributed by atoms with E-state index >= 15 is 0 Å². The Bertz CT molecular complexity index is 801. The van der Waals surface area contributed by atoms with Gasteiger partial charge in [0.1, 0.15) is 10.5 Å². The van der Waals surface area contributed by atoms with E-state index in [0.717, 1.165) is 40.3 Å². The van der Waals surface area contributed by atoms with Crippen molar-refractivity contribution >= 4 is 46.0 Å². The highest BCUT2D eigenvalue weighted by Gasteiger charge is 2.10. The number of nitrogens with zero attached hydrogens (tertiary/aromatic N) is 3. The number of hydrogen-bond acceptors (Lipinski definition) is 3.